The number of aromatic nitrogens is 2. The van der Waals surface area contributed by atoms with Gasteiger partial charge in [0.05, 0.1) is 25.0 Å². The van der Waals surface area contributed by atoms with E-state index in [9.17, 15) is 23.1 Å². The minimum absolute atomic E-state index is 0.0843. The van der Waals surface area contributed by atoms with Gasteiger partial charge in [0.2, 0.25) is 0 Å². The van der Waals surface area contributed by atoms with E-state index in [0.717, 1.165) is 0 Å². The van der Waals surface area contributed by atoms with E-state index in [0.29, 0.717) is 11.4 Å². The van der Waals surface area contributed by atoms with Gasteiger partial charge in [-0.05, 0) is 43.7 Å². The van der Waals surface area contributed by atoms with E-state index in [1.807, 2.05) is 0 Å². The second-order valence-electron chi connectivity index (χ2n) is 6.32. The number of imidazole rings is 1. The number of aliphatic hydroxyl groups is 1. The van der Waals surface area contributed by atoms with Crippen LogP contribution in [-0.2, 0) is 10.9 Å². The Morgan fingerprint density at radius 1 is 1.24 bits per heavy atom. The number of benzene rings is 1. The fraction of sp³-hybridized carbons (Fsp3) is 0.300. The highest BCUT2D eigenvalue weighted by Gasteiger charge is 2.40. The average molecular weight is 408 g/mol. The van der Waals surface area contributed by atoms with Gasteiger partial charge in [-0.2, -0.15) is 13.2 Å². The van der Waals surface area contributed by atoms with Crippen LogP contribution in [0.15, 0.2) is 36.4 Å². The van der Waals surface area contributed by atoms with Gasteiger partial charge in [-0.1, -0.05) is 12.1 Å². The summed E-state index contributed by atoms with van der Waals surface area (Å²) in [4.78, 5) is 15.7. The molecule has 0 amide bonds. The van der Waals surface area contributed by atoms with Crippen LogP contribution in [0, 0.1) is 6.92 Å². The number of hydrogen-bond donors (Lipinski definition) is 1. The Labute approximate surface area is 164 Å². The van der Waals surface area contributed by atoms with Crippen molar-refractivity contribution in [2.45, 2.75) is 26.1 Å². The van der Waals surface area contributed by atoms with E-state index < -0.39 is 29.6 Å². The summed E-state index contributed by atoms with van der Waals surface area (Å²) < 4.78 is 52.2. The first-order chi connectivity index (χ1) is 13.7. The van der Waals surface area contributed by atoms with Crippen LogP contribution in [0.25, 0.3) is 5.65 Å². The first-order valence-electron chi connectivity index (χ1n) is 8.76. The van der Waals surface area contributed by atoms with Crippen molar-refractivity contribution in [3.8, 4) is 5.75 Å². The van der Waals surface area contributed by atoms with Crippen molar-refractivity contribution in [1.82, 2.24) is 9.38 Å². The molecule has 29 heavy (non-hydrogen) atoms. The lowest BCUT2D eigenvalue weighted by Crippen LogP contribution is -2.15. The number of nitrogens with zero attached hydrogens (tertiary/aromatic N) is 2. The smallest absolute Gasteiger partial charge is 0.435 e. The van der Waals surface area contributed by atoms with Gasteiger partial charge in [0, 0.05) is 5.69 Å². The number of hydrogen-bond acceptors (Lipinski definition) is 5. The predicted octanol–water partition coefficient (Wildman–Crippen LogP) is 3.93. The standard InChI is InChI=1S/C20H19F3N2O4/c1-4-29-19(27)13-9-11(2)25-15(10-13)24-18(20(21,22)23)16(25)17(26)12-5-7-14(28-3)8-6-12/h5-10,17,26H,4H2,1-3H3. The van der Waals surface area contributed by atoms with E-state index in [1.54, 1.807) is 19.1 Å². The van der Waals surface area contributed by atoms with Crippen molar-refractivity contribution in [3.05, 3.63) is 64.6 Å². The maximum absolute atomic E-state index is 13.7. The number of pyridine rings is 1. The minimum Gasteiger partial charge on any atom is -0.497 e. The van der Waals surface area contributed by atoms with Gasteiger partial charge >= 0.3 is 12.1 Å². The Balaban J connectivity index is 2.21. The van der Waals surface area contributed by atoms with Gasteiger partial charge < -0.3 is 14.6 Å². The van der Waals surface area contributed by atoms with Gasteiger partial charge in [0.25, 0.3) is 0 Å². The lowest BCUT2D eigenvalue weighted by atomic mass is 10.0. The molecule has 1 atom stereocenters. The molecule has 0 saturated heterocycles. The quantitative estimate of drug-likeness (QED) is 0.648. The number of carbonyl (C=O) groups excluding carboxylic acids is 1. The Kier molecular flexibility index (Phi) is 5.52. The summed E-state index contributed by atoms with van der Waals surface area (Å²) in [7, 11) is 1.46. The molecule has 1 aromatic carbocycles. The summed E-state index contributed by atoms with van der Waals surface area (Å²) in [6, 6.07) is 8.65. The third kappa shape index (κ3) is 3.91. The fourth-order valence-corrected chi connectivity index (χ4v) is 3.13. The van der Waals surface area contributed by atoms with Gasteiger partial charge in [0.1, 0.15) is 17.5 Å². The van der Waals surface area contributed by atoms with E-state index in [4.69, 9.17) is 9.47 Å². The summed E-state index contributed by atoms with van der Waals surface area (Å²) in [6.45, 7) is 3.29. The number of methoxy groups -OCH3 is 1. The summed E-state index contributed by atoms with van der Waals surface area (Å²) in [5.41, 5.74) is -1.12. The number of rotatable bonds is 5. The minimum atomic E-state index is -4.80. The maximum Gasteiger partial charge on any atom is 0.435 e. The summed E-state index contributed by atoms with van der Waals surface area (Å²) in [5.74, 6) is -0.155. The van der Waals surface area contributed by atoms with Crippen molar-refractivity contribution >= 4 is 11.6 Å². The third-order valence-electron chi connectivity index (χ3n) is 4.41. The Bertz CT molecular complexity index is 1040. The van der Waals surface area contributed by atoms with Gasteiger partial charge in [-0.25, -0.2) is 9.78 Å². The molecule has 1 unspecified atom stereocenters. The molecule has 3 aromatic rings. The number of esters is 1. The molecule has 0 radical (unpaired) electrons. The summed E-state index contributed by atoms with van der Waals surface area (Å²) >= 11 is 0. The summed E-state index contributed by atoms with van der Waals surface area (Å²) in [5, 5.41) is 10.8. The van der Waals surface area contributed by atoms with Gasteiger partial charge in [-0.3, -0.25) is 4.40 Å². The molecule has 6 nitrogen and oxygen atoms in total. The van der Waals surface area contributed by atoms with E-state index >= 15 is 0 Å². The monoisotopic (exact) mass is 408 g/mol. The number of halogens is 3. The average Bonchev–Trinajstić information content (AvgIpc) is 3.08. The Morgan fingerprint density at radius 2 is 1.90 bits per heavy atom. The molecule has 0 aliphatic heterocycles. The zero-order valence-corrected chi connectivity index (χ0v) is 15.9. The topological polar surface area (TPSA) is 73.1 Å². The maximum atomic E-state index is 13.7. The predicted molar refractivity (Wildman–Crippen MR) is 97.9 cm³/mol. The molecule has 0 bridgehead atoms. The number of fused-ring (bicyclic) bond motifs is 1. The molecule has 3 rings (SSSR count). The van der Waals surface area contributed by atoms with Gasteiger partial charge in [0.15, 0.2) is 5.69 Å². The highest BCUT2D eigenvalue weighted by molar-refractivity contribution is 5.90. The molecule has 1 N–H and O–H groups in total. The van der Waals surface area contributed by atoms with Crippen LogP contribution in [0.2, 0.25) is 0 Å². The van der Waals surface area contributed by atoms with Crippen LogP contribution in [0.5, 0.6) is 5.75 Å². The Hall–Kier alpha value is -3.07. The molecule has 9 heteroatoms. The number of aryl methyl sites for hydroxylation is 1. The van der Waals surface area contributed by atoms with Crippen LogP contribution in [-0.4, -0.2) is 34.2 Å². The number of ether oxygens (including phenoxy) is 2. The second-order valence-corrected chi connectivity index (χ2v) is 6.32. The molecule has 0 spiro atoms. The molecule has 0 fully saturated rings. The van der Waals surface area contributed by atoms with Crippen LogP contribution in [0.4, 0.5) is 13.2 Å². The largest absolute Gasteiger partial charge is 0.497 e. The molecule has 154 valence electrons. The first-order valence-corrected chi connectivity index (χ1v) is 8.76. The number of carbonyl (C=O) groups is 1. The second kappa shape index (κ2) is 7.75. The molecule has 2 heterocycles. The fourth-order valence-electron chi connectivity index (χ4n) is 3.13. The first kappa shape index (κ1) is 20.7. The van der Waals surface area contributed by atoms with Crippen LogP contribution >= 0.6 is 0 Å². The van der Waals surface area contributed by atoms with Crippen molar-refractivity contribution in [2.24, 2.45) is 0 Å². The zero-order valence-electron chi connectivity index (χ0n) is 15.9. The lowest BCUT2D eigenvalue weighted by molar-refractivity contribution is -0.142. The van der Waals surface area contributed by atoms with Crippen molar-refractivity contribution in [2.75, 3.05) is 13.7 Å². The zero-order chi connectivity index (χ0) is 21.3. The molecule has 0 aliphatic rings. The summed E-state index contributed by atoms with van der Waals surface area (Å²) in [6.07, 6.45) is -6.40. The van der Waals surface area contributed by atoms with E-state index in [-0.39, 0.29) is 23.4 Å². The van der Waals surface area contributed by atoms with Crippen LogP contribution < -0.4 is 4.74 Å². The molecule has 0 aliphatic carbocycles. The molecule has 0 saturated carbocycles. The lowest BCUT2D eigenvalue weighted by Gasteiger charge is -2.16. The number of alkyl halides is 3. The van der Waals surface area contributed by atoms with Crippen molar-refractivity contribution < 1.29 is 32.5 Å². The highest BCUT2D eigenvalue weighted by atomic mass is 19.4. The normalized spacial score (nSPS) is 12.8. The van der Waals surface area contributed by atoms with Crippen LogP contribution in [0.1, 0.15) is 46.0 Å². The highest BCUT2D eigenvalue weighted by Crippen LogP contribution is 2.37. The van der Waals surface area contributed by atoms with E-state index in [1.165, 1.54) is 42.7 Å². The molecular weight excluding hydrogens is 389 g/mol. The SMILES string of the molecule is CCOC(=O)c1cc(C)n2c(C(O)c3ccc(OC)cc3)c(C(F)(F)F)nc2c1. The van der Waals surface area contributed by atoms with Gasteiger partial charge in [-0.15, -0.1) is 0 Å². The van der Waals surface area contributed by atoms with E-state index in [2.05, 4.69) is 4.98 Å². The van der Waals surface area contributed by atoms with Crippen molar-refractivity contribution in [1.29, 1.82) is 0 Å². The van der Waals surface area contributed by atoms with Crippen LogP contribution in [0.3, 0.4) is 0 Å². The third-order valence-corrected chi connectivity index (χ3v) is 4.41. The number of aliphatic hydroxyl groups excluding tert-OH is 1. The van der Waals surface area contributed by atoms with Crippen molar-refractivity contribution in [3.63, 3.8) is 0 Å². The molecular formula is C20H19F3N2O4. The molecule has 2 aromatic heterocycles. The Morgan fingerprint density at radius 3 is 2.45 bits per heavy atom.